The van der Waals surface area contributed by atoms with E-state index in [-0.39, 0.29) is 5.91 Å². The molecule has 0 aliphatic rings. The summed E-state index contributed by atoms with van der Waals surface area (Å²) in [7, 11) is 0. The Labute approximate surface area is 174 Å². The van der Waals surface area contributed by atoms with Gasteiger partial charge in [0.1, 0.15) is 0 Å². The SMILES string of the molecule is Cc1ccc2nc(C)cc(C(=O)Nc3ccc(SCc4cccnc4)cc3)c2c1. The number of rotatable bonds is 5. The zero-order chi connectivity index (χ0) is 20.2. The molecule has 2 heterocycles. The summed E-state index contributed by atoms with van der Waals surface area (Å²) >= 11 is 1.74. The Hall–Kier alpha value is -3.18. The van der Waals surface area contributed by atoms with Gasteiger partial charge < -0.3 is 5.32 Å². The van der Waals surface area contributed by atoms with E-state index in [1.54, 1.807) is 18.0 Å². The van der Waals surface area contributed by atoms with Crippen molar-refractivity contribution in [1.29, 1.82) is 0 Å². The summed E-state index contributed by atoms with van der Waals surface area (Å²) in [4.78, 5) is 22.8. The van der Waals surface area contributed by atoms with Gasteiger partial charge in [-0.25, -0.2) is 0 Å². The summed E-state index contributed by atoms with van der Waals surface area (Å²) in [6.45, 7) is 3.92. The van der Waals surface area contributed by atoms with Crippen LogP contribution >= 0.6 is 11.8 Å². The molecule has 2 aromatic heterocycles. The highest BCUT2D eigenvalue weighted by molar-refractivity contribution is 7.98. The first-order valence-electron chi connectivity index (χ1n) is 9.39. The molecule has 4 nitrogen and oxygen atoms in total. The maximum Gasteiger partial charge on any atom is 0.256 e. The number of carbonyl (C=O) groups is 1. The first kappa shape index (κ1) is 19.2. The van der Waals surface area contributed by atoms with Crippen molar-refractivity contribution in [3.8, 4) is 0 Å². The number of fused-ring (bicyclic) bond motifs is 1. The standard InChI is InChI=1S/C24H21N3OS/c1-16-5-10-23-21(12-16)22(13-17(2)26-23)24(28)27-19-6-8-20(9-7-19)29-15-18-4-3-11-25-14-18/h3-14H,15H2,1-2H3,(H,27,28). The number of nitrogens with zero attached hydrogens (tertiary/aromatic N) is 2. The third-order valence-electron chi connectivity index (χ3n) is 4.58. The quantitative estimate of drug-likeness (QED) is 0.432. The number of nitrogens with one attached hydrogen (secondary N) is 1. The minimum Gasteiger partial charge on any atom is -0.322 e. The molecule has 5 heteroatoms. The van der Waals surface area contributed by atoms with Crippen LogP contribution in [-0.4, -0.2) is 15.9 Å². The Balaban J connectivity index is 1.49. The molecule has 29 heavy (non-hydrogen) atoms. The van der Waals surface area contributed by atoms with Gasteiger partial charge in [-0.2, -0.15) is 0 Å². The van der Waals surface area contributed by atoms with E-state index in [1.165, 1.54) is 5.56 Å². The number of pyridine rings is 2. The van der Waals surface area contributed by atoms with Gasteiger partial charge in [0, 0.05) is 39.8 Å². The van der Waals surface area contributed by atoms with Gasteiger partial charge in [-0.1, -0.05) is 17.7 Å². The van der Waals surface area contributed by atoms with Crippen molar-refractivity contribution in [2.24, 2.45) is 0 Å². The molecule has 4 rings (SSSR count). The Bertz CT molecular complexity index is 1160. The average Bonchev–Trinajstić information content (AvgIpc) is 2.73. The van der Waals surface area contributed by atoms with Gasteiger partial charge in [0.05, 0.1) is 11.1 Å². The Morgan fingerprint density at radius 2 is 1.86 bits per heavy atom. The fourth-order valence-electron chi connectivity index (χ4n) is 3.14. The van der Waals surface area contributed by atoms with E-state index in [1.807, 2.05) is 74.6 Å². The lowest BCUT2D eigenvalue weighted by molar-refractivity contribution is 0.102. The van der Waals surface area contributed by atoms with Crippen molar-refractivity contribution in [2.45, 2.75) is 24.5 Å². The lowest BCUT2D eigenvalue weighted by atomic mass is 10.0. The molecular weight excluding hydrogens is 378 g/mol. The van der Waals surface area contributed by atoms with Crippen LogP contribution in [0.5, 0.6) is 0 Å². The Morgan fingerprint density at radius 3 is 2.62 bits per heavy atom. The molecule has 0 fully saturated rings. The van der Waals surface area contributed by atoms with Crippen molar-refractivity contribution in [1.82, 2.24) is 9.97 Å². The van der Waals surface area contributed by atoms with Gasteiger partial charge >= 0.3 is 0 Å². The zero-order valence-corrected chi connectivity index (χ0v) is 17.2. The minimum absolute atomic E-state index is 0.123. The largest absolute Gasteiger partial charge is 0.322 e. The number of anilines is 1. The van der Waals surface area contributed by atoms with E-state index in [4.69, 9.17) is 0 Å². The molecule has 1 N–H and O–H groups in total. The summed E-state index contributed by atoms with van der Waals surface area (Å²) < 4.78 is 0. The molecular formula is C24H21N3OS. The second kappa shape index (κ2) is 8.45. The van der Waals surface area contributed by atoms with Crippen LogP contribution in [0.15, 0.2) is 78.0 Å². The first-order valence-corrected chi connectivity index (χ1v) is 10.4. The second-order valence-electron chi connectivity index (χ2n) is 6.96. The molecule has 2 aromatic carbocycles. The van der Waals surface area contributed by atoms with Crippen LogP contribution in [0.25, 0.3) is 10.9 Å². The van der Waals surface area contributed by atoms with Crippen LogP contribution in [-0.2, 0) is 5.75 Å². The van der Waals surface area contributed by atoms with E-state index >= 15 is 0 Å². The molecule has 1 amide bonds. The summed E-state index contributed by atoms with van der Waals surface area (Å²) in [6, 6.07) is 19.8. The highest BCUT2D eigenvalue weighted by Crippen LogP contribution is 2.25. The number of aromatic nitrogens is 2. The number of benzene rings is 2. The fraction of sp³-hybridized carbons (Fsp3) is 0.125. The molecule has 0 bridgehead atoms. The van der Waals surface area contributed by atoms with Gasteiger partial charge in [-0.3, -0.25) is 14.8 Å². The maximum absolute atomic E-state index is 12.9. The van der Waals surface area contributed by atoms with Crippen molar-refractivity contribution in [2.75, 3.05) is 5.32 Å². The smallest absolute Gasteiger partial charge is 0.256 e. The monoisotopic (exact) mass is 399 g/mol. The van der Waals surface area contributed by atoms with Gasteiger partial charge in [0.25, 0.3) is 5.91 Å². The average molecular weight is 400 g/mol. The lowest BCUT2D eigenvalue weighted by Gasteiger charge is -2.10. The van der Waals surface area contributed by atoms with Crippen molar-refractivity contribution in [3.63, 3.8) is 0 Å². The molecule has 0 aliphatic carbocycles. The molecule has 0 unspecified atom stereocenters. The van der Waals surface area contributed by atoms with Crippen molar-refractivity contribution < 1.29 is 4.79 Å². The van der Waals surface area contributed by atoms with Crippen LogP contribution in [0.2, 0.25) is 0 Å². The summed E-state index contributed by atoms with van der Waals surface area (Å²) in [6.07, 6.45) is 3.66. The Kier molecular flexibility index (Phi) is 5.58. The molecule has 0 saturated heterocycles. The van der Waals surface area contributed by atoms with Gasteiger partial charge in [-0.05, 0) is 67.9 Å². The number of amides is 1. The van der Waals surface area contributed by atoms with Gasteiger partial charge in [0.2, 0.25) is 0 Å². The predicted molar refractivity (Wildman–Crippen MR) is 119 cm³/mol. The molecule has 0 atom stereocenters. The molecule has 0 spiro atoms. The second-order valence-corrected chi connectivity index (χ2v) is 8.01. The van der Waals surface area contributed by atoms with Crippen molar-refractivity contribution >= 4 is 34.3 Å². The highest BCUT2D eigenvalue weighted by Gasteiger charge is 2.13. The summed E-state index contributed by atoms with van der Waals surface area (Å²) in [5, 5.41) is 3.88. The molecule has 0 radical (unpaired) electrons. The highest BCUT2D eigenvalue weighted by atomic mass is 32.2. The number of hydrogen-bond donors (Lipinski definition) is 1. The van der Waals surface area contributed by atoms with E-state index < -0.39 is 0 Å². The zero-order valence-electron chi connectivity index (χ0n) is 16.3. The molecule has 0 saturated carbocycles. The number of thioether (sulfide) groups is 1. The van der Waals surface area contributed by atoms with E-state index in [0.717, 1.165) is 38.5 Å². The number of hydrogen-bond acceptors (Lipinski definition) is 4. The maximum atomic E-state index is 12.9. The van der Waals surface area contributed by atoms with Crippen LogP contribution in [0.1, 0.15) is 27.2 Å². The normalized spacial score (nSPS) is 10.8. The van der Waals surface area contributed by atoms with Gasteiger partial charge in [0.15, 0.2) is 0 Å². The van der Waals surface area contributed by atoms with E-state index in [2.05, 4.69) is 21.4 Å². The fourth-order valence-corrected chi connectivity index (χ4v) is 3.98. The molecule has 4 aromatic rings. The van der Waals surface area contributed by atoms with Crippen molar-refractivity contribution in [3.05, 3.63) is 95.4 Å². The van der Waals surface area contributed by atoms with Crippen LogP contribution in [0.3, 0.4) is 0 Å². The molecule has 144 valence electrons. The van der Waals surface area contributed by atoms with Gasteiger partial charge in [-0.15, -0.1) is 11.8 Å². The first-order chi connectivity index (χ1) is 14.1. The van der Waals surface area contributed by atoms with Crippen LogP contribution < -0.4 is 5.32 Å². The van der Waals surface area contributed by atoms with E-state index in [0.29, 0.717) is 5.56 Å². The third-order valence-corrected chi connectivity index (χ3v) is 5.66. The predicted octanol–water partition coefficient (Wildman–Crippen LogP) is 5.79. The van der Waals surface area contributed by atoms with Crippen LogP contribution in [0, 0.1) is 13.8 Å². The minimum atomic E-state index is -0.123. The summed E-state index contributed by atoms with van der Waals surface area (Å²) in [5.41, 5.74) is 5.37. The lowest BCUT2D eigenvalue weighted by Crippen LogP contribution is -2.13. The topological polar surface area (TPSA) is 54.9 Å². The number of aryl methyl sites for hydroxylation is 2. The van der Waals surface area contributed by atoms with E-state index in [9.17, 15) is 4.79 Å². The molecule has 0 aliphatic heterocycles. The van der Waals surface area contributed by atoms with Crippen LogP contribution in [0.4, 0.5) is 5.69 Å². The third kappa shape index (κ3) is 4.63. The summed E-state index contributed by atoms with van der Waals surface area (Å²) in [5.74, 6) is 0.739. The Morgan fingerprint density at radius 1 is 1.03 bits per heavy atom. The number of carbonyl (C=O) groups excluding carboxylic acids is 1.